The van der Waals surface area contributed by atoms with E-state index in [0.717, 1.165) is 24.9 Å². The van der Waals surface area contributed by atoms with Crippen molar-refractivity contribution in [3.05, 3.63) is 41.7 Å². The number of aryl methyl sites for hydroxylation is 1. The van der Waals surface area contributed by atoms with E-state index in [1.165, 1.54) is 0 Å². The second kappa shape index (κ2) is 7.50. The van der Waals surface area contributed by atoms with Gasteiger partial charge in [0.2, 0.25) is 10.0 Å². The van der Waals surface area contributed by atoms with E-state index >= 15 is 0 Å². The van der Waals surface area contributed by atoms with Crippen molar-refractivity contribution in [3.8, 4) is 5.69 Å². The maximum absolute atomic E-state index is 13.4. The Kier molecular flexibility index (Phi) is 5.50. The average molecular weight is 377 g/mol. The lowest BCUT2D eigenvalue weighted by Crippen LogP contribution is -2.42. The minimum atomic E-state index is -3.58. The molecule has 26 heavy (non-hydrogen) atoms. The zero-order chi connectivity index (χ0) is 18.9. The van der Waals surface area contributed by atoms with Crippen LogP contribution in [0.4, 0.5) is 0 Å². The van der Waals surface area contributed by atoms with Crippen LogP contribution in [0, 0.1) is 13.8 Å². The predicted octanol–water partition coefficient (Wildman–Crippen LogP) is 2.59. The summed E-state index contributed by atoms with van der Waals surface area (Å²) in [6.07, 6.45) is 2.98. The predicted molar refractivity (Wildman–Crippen MR) is 103 cm³/mol. The molecular weight excluding hydrogens is 348 g/mol. The Morgan fingerprint density at radius 3 is 2.46 bits per heavy atom. The molecule has 0 radical (unpaired) electrons. The fraction of sp³-hybridized carbons (Fsp3) is 0.526. The van der Waals surface area contributed by atoms with Crippen molar-refractivity contribution in [1.29, 1.82) is 0 Å². The number of likely N-dealkylation sites (N-methyl/N-ethyl adjacent to an activating group) is 1. The SMILES string of the molecule is Cc1nn(-c2ccccc2)c(C)c1S(=O)(=O)N1CCCCC(N(C)C)C1. The van der Waals surface area contributed by atoms with Gasteiger partial charge >= 0.3 is 0 Å². The fourth-order valence-electron chi connectivity index (χ4n) is 3.68. The van der Waals surface area contributed by atoms with E-state index in [-0.39, 0.29) is 6.04 Å². The smallest absolute Gasteiger partial charge is 0.246 e. The quantitative estimate of drug-likeness (QED) is 0.823. The summed E-state index contributed by atoms with van der Waals surface area (Å²) in [7, 11) is 0.460. The Morgan fingerprint density at radius 2 is 1.81 bits per heavy atom. The summed E-state index contributed by atoms with van der Waals surface area (Å²) < 4.78 is 30.3. The normalized spacial score (nSPS) is 19.7. The number of aromatic nitrogens is 2. The van der Waals surface area contributed by atoms with Gasteiger partial charge in [-0.25, -0.2) is 13.1 Å². The number of rotatable bonds is 4. The van der Waals surface area contributed by atoms with Crippen molar-refractivity contribution < 1.29 is 8.42 Å². The molecule has 0 bridgehead atoms. The highest BCUT2D eigenvalue weighted by Gasteiger charge is 2.34. The van der Waals surface area contributed by atoms with Crippen molar-refractivity contribution in [2.75, 3.05) is 27.2 Å². The van der Waals surface area contributed by atoms with Gasteiger partial charge in [-0.1, -0.05) is 24.6 Å². The third kappa shape index (κ3) is 3.56. The molecule has 6 nitrogen and oxygen atoms in total. The Balaban J connectivity index is 2.01. The van der Waals surface area contributed by atoms with Crippen LogP contribution in [0.3, 0.4) is 0 Å². The number of nitrogens with zero attached hydrogens (tertiary/aromatic N) is 4. The van der Waals surface area contributed by atoms with Crippen LogP contribution in [-0.4, -0.2) is 60.6 Å². The molecule has 0 spiro atoms. The Bertz CT molecular complexity index is 859. The number of para-hydroxylation sites is 1. The van der Waals surface area contributed by atoms with Crippen LogP contribution in [0.5, 0.6) is 0 Å². The first-order valence-electron chi connectivity index (χ1n) is 9.10. The molecule has 1 aliphatic heterocycles. The summed E-state index contributed by atoms with van der Waals surface area (Å²) in [5.41, 5.74) is 2.09. The van der Waals surface area contributed by atoms with Gasteiger partial charge in [-0.15, -0.1) is 0 Å². The Morgan fingerprint density at radius 1 is 1.12 bits per heavy atom. The lowest BCUT2D eigenvalue weighted by atomic mass is 10.1. The van der Waals surface area contributed by atoms with E-state index in [4.69, 9.17) is 0 Å². The summed E-state index contributed by atoms with van der Waals surface area (Å²) in [5.74, 6) is 0. The molecule has 0 saturated carbocycles. The molecule has 0 aliphatic carbocycles. The van der Waals surface area contributed by atoms with Crippen LogP contribution in [0.2, 0.25) is 0 Å². The second-order valence-corrected chi connectivity index (χ2v) is 9.10. The van der Waals surface area contributed by atoms with Crippen LogP contribution in [0.1, 0.15) is 30.7 Å². The fourth-order valence-corrected chi connectivity index (χ4v) is 5.55. The lowest BCUT2D eigenvalue weighted by Gasteiger charge is -2.28. The van der Waals surface area contributed by atoms with Crippen LogP contribution >= 0.6 is 0 Å². The molecule has 1 atom stereocenters. The van der Waals surface area contributed by atoms with Crippen molar-refractivity contribution in [1.82, 2.24) is 19.0 Å². The molecule has 3 rings (SSSR count). The first kappa shape index (κ1) is 19.1. The van der Waals surface area contributed by atoms with Crippen molar-refractivity contribution in [3.63, 3.8) is 0 Å². The van der Waals surface area contributed by atoms with Crippen LogP contribution in [0.15, 0.2) is 35.2 Å². The molecule has 1 aromatic heterocycles. The van der Waals surface area contributed by atoms with Crippen LogP contribution in [0.25, 0.3) is 5.69 Å². The molecule has 1 aliphatic rings. The maximum atomic E-state index is 13.4. The summed E-state index contributed by atoms with van der Waals surface area (Å²) >= 11 is 0. The molecule has 142 valence electrons. The number of benzene rings is 1. The Labute approximate surface area is 156 Å². The summed E-state index contributed by atoms with van der Waals surface area (Å²) in [6, 6.07) is 9.91. The molecule has 7 heteroatoms. The molecule has 1 fully saturated rings. The standard InChI is InChI=1S/C19H28N4O2S/c1-15-19(16(2)23(20-15)17-10-6-5-7-11-17)26(24,25)22-13-9-8-12-18(14-22)21(3)4/h5-7,10-11,18H,8-9,12-14H2,1-4H3. The largest absolute Gasteiger partial charge is 0.305 e. The van der Waals surface area contributed by atoms with Gasteiger partial charge in [0.25, 0.3) is 0 Å². The third-order valence-electron chi connectivity index (χ3n) is 5.16. The lowest BCUT2D eigenvalue weighted by molar-refractivity contribution is 0.248. The van der Waals surface area contributed by atoms with E-state index in [9.17, 15) is 8.42 Å². The van der Waals surface area contributed by atoms with E-state index in [2.05, 4.69) is 10.00 Å². The van der Waals surface area contributed by atoms with Crippen LogP contribution in [-0.2, 0) is 10.0 Å². The molecule has 0 N–H and O–H groups in total. The van der Waals surface area contributed by atoms with Gasteiger partial charge in [0.05, 0.1) is 17.1 Å². The maximum Gasteiger partial charge on any atom is 0.246 e. The third-order valence-corrected chi connectivity index (χ3v) is 7.28. The van der Waals surface area contributed by atoms with E-state index in [0.29, 0.717) is 29.4 Å². The van der Waals surface area contributed by atoms with Gasteiger partial charge in [-0.2, -0.15) is 9.40 Å². The Hall–Kier alpha value is -1.70. The zero-order valence-electron chi connectivity index (χ0n) is 16.0. The zero-order valence-corrected chi connectivity index (χ0v) is 16.8. The second-order valence-electron chi connectivity index (χ2n) is 7.22. The van der Waals surface area contributed by atoms with Gasteiger partial charge in [0, 0.05) is 19.1 Å². The molecule has 0 amide bonds. The average Bonchev–Trinajstić information content (AvgIpc) is 2.78. The molecular formula is C19H28N4O2S. The monoisotopic (exact) mass is 376 g/mol. The highest BCUT2D eigenvalue weighted by Crippen LogP contribution is 2.28. The molecule has 2 heterocycles. The minimum Gasteiger partial charge on any atom is -0.305 e. The van der Waals surface area contributed by atoms with Gasteiger partial charge < -0.3 is 4.90 Å². The number of sulfonamides is 1. The minimum absolute atomic E-state index is 0.247. The highest BCUT2D eigenvalue weighted by atomic mass is 32.2. The van der Waals surface area contributed by atoms with E-state index < -0.39 is 10.0 Å². The number of hydrogen-bond acceptors (Lipinski definition) is 4. The molecule has 1 aromatic carbocycles. The number of hydrogen-bond donors (Lipinski definition) is 0. The summed E-state index contributed by atoms with van der Waals surface area (Å²) in [4.78, 5) is 2.47. The first-order chi connectivity index (χ1) is 12.3. The van der Waals surface area contributed by atoms with Crippen molar-refractivity contribution in [2.45, 2.75) is 44.0 Å². The van der Waals surface area contributed by atoms with Gasteiger partial charge in [-0.05, 0) is 52.9 Å². The van der Waals surface area contributed by atoms with Gasteiger partial charge in [0.1, 0.15) is 4.90 Å². The molecule has 1 saturated heterocycles. The van der Waals surface area contributed by atoms with Gasteiger partial charge in [0.15, 0.2) is 0 Å². The highest BCUT2D eigenvalue weighted by molar-refractivity contribution is 7.89. The van der Waals surface area contributed by atoms with Crippen molar-refractivity contribution >= 4 is 10.0 Å². The van der Waals surface area contributed by atoms with E-state index in [1.807, 2.05) is 51.4 Å². The molecule has 1 unspecified atom stereocenters. The summed E-state index contributed by atoms with van der Waals surface area (Å²) in [6.45, 7) is 4.72. The summed E-state index contributed by atoms with van der Waals surface area (Å²) in [5, 5.41) is 4.52. The van der Waals surface area contributed by atoms with Gasteiger partial charge in [-0.3, -0.25) is 0 Å². The van der Waals surface area contributed by atoms with E-state index in [1.54, 1.807) is 15.9 Å². The topological polar surface area (TPSA) is 58.4 Å². The van der Waals surface area contributed by atoms with Crippen LogP contribution < -0.4 is 0 Å². The van der Waals surface area contributed by atoms with Crippen molar-refractivity contribution in [2.24, 2.45) is 0 Å². The molecule has 2 aromatic rings. The first-order valence-corrected chi connectivity index (χ1v) is 10.5.